The summed E-state index contributed by atoms with van der Waals surface area (Å²) in [5, 5.41) is 3.49. The summed E-state index contributed by atoms with van der Waals surface area (Å²) in [7, 11) is 0. The van der Waals surface area contributed by atoms with Crippen LogP contribution in [0.25, 0.3) is 0 Å². The maximum atomic E-state index is 4.62. The number of nitrogens with one attached hydrogen (secondary N) is 1. The molecular formula is C17H31N3. The summed E-state index contributed by atoms with van der Waals surface area (Å²) in [5.41, 5.74) is 1.38. The predicted octanol–water partition coefficient (Wildman–Crippen LogP) is 3.84. The summed E-state index contributed by atoms with van der Waals surface area (Å²) in [6.45, 7) is 16.2. The molecular weight excluding hydrogens is 246 g/mol. The van der Waals surface area contributed by atoms with Crippen LogP contribution in [0.3, 0.4) is 0 Å². The molecule has 0 spiro atoms. The Hall–Kier alpha value is -1.09. The molecule has 0 saturated carbocycles. The van der Waals surface area contributed by atoms with E-state index in [2.05, 4.69) is 68.9 Å². The van der Waals surface area contributed by atoms with Gasteiger partial charge in [0.15, 0.2) is 0 Å². The summed E-state index contributed by atoms with van der Waals surface area (Å²) >= 11 is 0. The van der Waals surface area contributed by atoms with E-state index in [4.69, 9.17) is 0 Å². The normalized spacial score (nSPS) is 13.3. The van der Waals surface area contributed by atoms with E-state index in [9.17, 15) is 0 Å². The number of anilines is 1. The van der Waals surface area contributed by atoms with Crippen LogP contribution in [0.1, 0.15) is 53.5 Å². The first-order valence-electron chi connectivity index (χ1n) is 7.80. The molecule has 0 saturated heterocycles. The standard InChI is InChI=1S/C17H31N3/c1-7-14(3)13-20(8-2)16-10-9-15(11-18-16)12-19-17(4,5)6/h9-11,14,19H,7-8,12-13H2,1-6H3. The van der Waals surface area contributed by atoms with Gasteiger partial charge in [-0.15, -0.1) is 0 Å². The monoisotopic (exact) mass is 277 g/mol. The minimum atomic E-state index is 0.144. The van der Waals surface area contributed by atoms with E-state index in [0.29, 0.717) is 5.92 Å². The number of pyridine rings is 1. The second-order valence-electron chi connectivity index (χ2n) is 6.68. The van der Waals surface area contributed by atoms with Gasteiger partial charge in [-0.1, -0.05) is 26.3 Å². The highest BCUT2D eigenvalue weighted by Crippen LogP contribution is 2.15. The van der Waals surface area contributed by atoms with Gasteiger partial charge in [-0.3, -0.25) is 0 Å². The van der Waals surface area contributed by atoms with E-state index in [1.54, 1.807) is 0 Å². The van der Waals surface area contributed by atoms with Crippen molar-refractivity contribution in [1.29, 1.82) is 0 Å². The van der Waals surface area contributed by atoms with Crippen molar-refractivity contribution >= 4 is 5.82 Å². The molecule has 1 N–H and O–H groups in total. The van der Waals surface area contributed by atoms with E-state index >= 15 is 0 Å². The number of aromatic nitrogens is 1. The Bertz CT molecular complexity index is 378. The number of hydrogen-bond acceptors (Lipinski definition) is 3. The molecule has 3 heteroatoms. The van der Waals surface area contributed by atoms with E-state index in [1.165, 1.54) is 12.0 Å². The molecule has 0 aliphatic rings. The lowest BCUT2D eigenvalue weighted by Crippen LogP contribution is -2.35. The Balaban J connectivity index is 2.64. The lowest BCUT2D eigenvalue weighted by Gasteiger charge is -2.25. The molecule has 20 heavy (non-hydrogen) atoms. The summed E-state index contributed by atoms with van der Waals surface area (Å²) < 4.78 is 0. The summed E-state index contributed by atoms with van der Waals surface area (Å²) in [6, 6.07) is 4.33. The van der Waals surface area contributed by atoms with Crippen LogP contribution in [-0.2, 0) is 6.54 Å². The lowest BCUT2D eigenvalue weighted by molar-refractivity contribution is 0.424. The molecule has 1 heterocycles. The van der Waals surface area contributed by atoms with Crippen LogP contribution in [0.15, 0.2) is 18.3 Å². The highest BCUT2D eigenvalue weighted by molar-refractivity contribution is 5.39. The van der Waals surface area contributed by atoms with Crippen molar-refractivity contribution in [2.75, 3.05) is 18.0 Å². The predicted molar refractivity (Wildman–Crippen MR) is 88.2 cm³/mol. The van der Waals surface area contributed by atoms with Crippen molar-refractivity contribution in [2.45, 2.75) is 60.0 Å². The zero-order chi connectivity index (χ0) is 15.2. The van der Waals surface area contributed by atoms with Crippen LogP contribution < -0.4 is 10.2 Å². The third-order valence-electron chi connectivity index (χ3n) is 3.57. The molecule has 1 rings (SSSR count). The van der Waals surface area contributed by atoms with Gasteiger partial charge in [-0.25, -0.2) is 4.98 Å². The van der Waals surface area contributed by atoms with Gasteiger partial charge in [0.2, 0.25) is 0 Å². The van der Waals surface area contributed by atoms with Gasteiger partial charge in [0.1, 0.15) is 5.82 Å². The molecule has 0 aromatic carbocycles. The van der Waals surface area contributed by atoms with Crippen molar-refractivity contribution in [2.24, 2.45) is 5.92 Å². The molecule has 1 aromatic heterocycles. The van der Waals surface area contributed by atoms with Crippen molar-refractivity contribution in [3.05, 3.63) is 23.9 Å². The average molecular weight is 277 g/mol. The highest BCUT2D eigenvalue weighted by atomic mass is 15.2. The molecule has 1 aromatic rings. The molecule has 0 aliphatic heterocycles. The quantitative estimate of drug-likeness (QED) is 0.820. The van der Waals surface area contributed by atoms with Crippen molar-refractivity contribution < 1.29 is 0 Å². The van der Waals surface area contributed by atoms with Crippen molar-refractivity contribution in [3.63, 3.8) is 0 Å². The molecule has 1 atom stereocenters. The molecule has 0 amide bonds. The van der Waals surface area contributed by atoms with Gasteiger partial charge < -0.3 is 10.2 Å². The van der Waals surface area contributed by atoms with Gasteiger partial charge in [0.25, 0.3) is 0 Å². The van der Waals surface area contributed by atoms with Crippen LogP contribution in [0.2, 0.25) is 0 Å². The third kappa shape index (κ3) is 5.91. The zero-order valence-electron chi connectivity index (χ0n) is 14.0. The Morgan fingerprint density at radius 1 is 1.25 bits per heavy atom. The maximum Gasteiger partial charge on any atom is 0.128 e. The van der Waals surface area contributed by atoms with Crippen LogP contribution in [0.4, 0.5) is 5.82 Å². The molecule has 114 valence electrons. The van der Waals surface area contributed by atoms with Gasteiger partial charge >= 0.3 is 0 Å². The van der Waals surface area contributed by atoms with Crippen LogP contribution in [0.5, 0.6) is 0 Å². The number of nitrogens with zero attached hydrogens (tertiary/aromatic N) is 2. The van der Waals surface area contributed by atoms with Crippen LogP contribution >= 0.6 is 0 Å². The fraction of sp³-hybridized carbons (Fsp3) is 0.706. The minimum Gasteiger partial charge on any atom is -0.357 e. The van der Waals surface area contributed by atoms with Crippen molar-refractivity contribution in [3.8, 4) is 0 Å². The first kappa shape index (κ1) is 17.0. The molecule has 0 fully saturated rings. The topological polar surface area (TPSA) is 28.2 Å². The number of rotatable bonds is 7. The first-order chi connectivity index (χ1) is 9.35. The van der Waals surface area contributed by atoms with E-state index < -0.39 is 0 Å². The summed E-state index contributed by atoms with van der Waals surface area (Å²) in [6.07, 6.45) is 3.21. The molecule has 0 aliphatic carbocycles. The second-order valence-corrected chi connectivity index (χ2v) is 6.68. The van der Waals surface area contributed by atoms with Crippen LogP contribution in [0, 0.1) is 5.92 Å². The van der Waals surface area contributed by atoms with Crippen molar-refractivity contribution in [1.82, 2.24) is 10.3 Å². The Morgan fingerprint density at radius 2 is 1.95 bits per heavy atom. The van der Waals surface area contributed by atoms with Crippen LogP contribution in [-0.4, -0.2) is 23.6 Å². The lowest BCUT2D eigenvalue weighted by atomic mass is 10.1. The van der Waals surface area contributed by atoms with E-state index in [0.717, 1.165) is 25.5 Å². The zero-order valence-corrected chi connectivity index (χ0v) is 14.0. The Kier molecular flexibility index (Phi) is 6.47. The first-order valence-corrected chi connectivity index (χ1v) is 7.80. The fourth-order valence-electron chi connectivity index (χ4n) is 1.97. The van der Waals surface area contributed by atoms with E-state index in [1.807, 2.05) is 6.20 Å². The highest BCUT2D eigenvalue weighted by Gasteiger charge is 2.11. The largest absolute Gasteiger partial charge is 0.357 e. The number of hydrogen-bond donors (Lipinski definition) is 1. The SMILES string of the molecule is CCC(C)CN(CC)c1ccc(CNC(C)(C)C)cn1. The maximum absolute atomic E-state index is 4.62. The molecule has 0 bridgehead atoms. The molecule has 3 nitrogen and oxygen atoms in total. The average Bonchev–Trinajstić information content (AvgIpc) is 2.42. The summed E-state index contributed by atoms with van der Waals surface area (Å²) in [4.78, 5) is 6.98. The Morgan fingerprint density at radius 3 is 2.40 bits per heavy atom. The molecule has 1 unspecified atom stereocenters. The summed E-state index contributed by atoms with van der Waals surface area (Å²) in [5.74, 6) is 1.80. The molecule has 0 radical (unpaired) electrons. The van der Waals surface area contributed by atoms with E-state index in [-0.39, 0.29) is 5.54 Å². The van der Waals surface area contributed by atoms with Gasteiger partial charge in [0, 0.05) is 31.4 Å². The minimum absolute atomic E-state index is 0.144. The van der Waals surface area contributed by atoms with Gasteiger partial charge in [0.05, 0.1) is 0 Å². The van der Waals surface area contributed by atoms with Gasteiger partial charge in [-0.2, -0.15) is 0 Å². The fourth-order valence-corrected chi connectivity index (χ4v) is 1.97. The second kappa shape index (κ2) is 7.63. The smallest absolute Gasteiger partial charge is 0.128 e. The third-order valence-corrected chi connectivity index (χ3v) is 3.57. The van der Waals surface area contributed by atoms with Gasteiger partial charge in [-0.05, 0) is 45.2 Å². The Labute approximate surface area is 124 Å².